The molecule has 2 aromatic carbocycles. The Kier molecular flexibility index (Phi) is 7.93. The molecule has 1 aliphatic heterocycles. The summed E-state index contributed by atoms with van der Waals surface area (Å²) in [4.78, 5) is 21.4. The lowest BCUT2D eigenvalue weighted by atomic mass is 10.1. The van der Waals surface area contributed by atoms with Crippen molar-refractivity contribution in [2.24, 2.45) is 0 Å². The highest BCUT2D eigenvalue weighted by atomic mass is 16.5. The number of hydrogen-bond donors (Lipinski definition) is 1. The zero-order chi connectivity index (χ0) is 22.9. The van der Waals surface area contributed by atoms with Crippen molar-refractivity contribution < 1.29 is 9.53 Å². The summed E-state index contributed by atoms with van der Waals surface area (Å²) in [5.41, 5.74) is 3.13. The molecule has 1 aromatic heterocycles. The Hall–Kier alpha value is -3.38. The van der Waals surface area contributed by atoms with Crippen molar-refractivity contribution in [1.82, 2.24) is 15.2 Å². The van der Waals surface area contributed by atoms with Crippen LogP contribution in [0.5, 0.6) is 5.75 Å². The van der Waals surface area contributed by atoms with Gasteiger partial charge in [-0.25, -0.2) is 4.98 Å². The van der Waals surface area contributed by atoms with Crippen molar-refractivity contribution >= 4 is 11.7 Å². The molecule has 1 fully saturated rings. The molecule has 0 atom stereocenters. The molecule has 1 N–H and O–H groups in total. The second-order valence-electron chi connectivity index (χ2n) is 8.42. The number of ether oxygens (including phenoxy) is 1. The first-order valence-electron chi connectivity index (χ1n) is 11.6. The number of piperazine rings is 1. The van der Waals surface area contributed by atoms with Crippen molar-refractivity contribution in [3.8, 4) is 5.75 Å². The molecular formula is C27H32N4O2. The zero-order valence-electron chi connectivity index (χ0n) is 19.2. The smallest absolute Gasteiger partial charge is 0.251 e. The third kappa shape index (κ3) is 6.80. The third-order valence-corrected chi connectivity index (χ3v) is 5.86. The van der Waals surface area contributed by atoms with Gasteiger partial charge >= 0.3 is 0 Å². The third-order valence-electron chi connectivity index (χ3n) is 5.86. The normalized spacial score (nSPS) is 14.2. The minimum absolute atomic E-state index is 0.0415. The lowest BCUT2D eigenvalue weighted by Gasteiger charge is -2.35. The van der Waals surface area contributed by atoms with Crippen LogP contribution in [0, 0.1) is 6.92 Å². The predicted molar refractivity (Wildman–Crippen MR) is 132 cm³/mol. The van der Waals surface area contributed by atoms with Crippen LogP contribution in [0.2, 0.25) is 0 Å². The Morgan fingerprint density at radius 1 is 0.970 bits per heavy atom. The minimum Gasteiger partial charge on any atom is -0.494 e. The Labute approximate surface area is 196 Å². The monoisotopic (exact) mass is 444 g/mol. The van der Waals surface area contributed by atoms with Crippen LogP contribution in [0.1, 0.15) is 27.9 Å². The van der Waals surface area contributed by atoms with E-state index in [1.807, 2.05) is 61.7 Å². The Bertz CT molecular complexity index is 999. The predicted octanol–water partition coefficient (Wildman–Crippen LogP) is 3.91. The number of aryl methyl sites for hydroxylation is 1. The maximum absolute atomic E-state index is 12.1. The number of aromatic nitrogens is 1. The van der Waals surface area contributed by atoms with Gasteiger partial charge in [0.1, 0.15) is 11.6 Å². The number of benzene rings is 2. The van der Waals surface area contributed by atoms with Crippen LogP contribution in [0.4, 0.5) is 5.82 Å². The summed E-state index contributed by atoms with van der Waals surface area (Å²) in [6.07, 6.45) is 2.62. The van der Waals surface area contributed by atoms with E-state index in [0.29, 0.717) is 18.7 Å². The SMILES string of the molecule is Cc1ccc(C(=O)NCCCOc2ccc(CN3CCN(c4ccccn4)CC3)cc2)cc1. The second-order valence-corrected chi connectivity index (χ2v) is 8.42. The molecule has 33 heavy (non-hydrogen) atoms. The van der Waals surface area contributed by atoms with Gasteiger partial charge in [-0.3, -0.25) is 9.69 Å². The zero-order valence-corrected chi connectivity index (χ0v) is 19.2. The first-order valence-corrected chi connectivity index (χ1v) is 11.6. The largest absolute Gasteiger partial charge is 0.494 e. The lowest BCUT2D eigenvalue weighted by molar-refractivity contribution is 0.0951. The Morgan fingerprint density at radius 3 is 2.42 bits per heavy atom. The first kappa shape index (κ1) is 22.8. The van der Waals surface area contributed by atoms with Crippen molar-refractivity contribution in [1.29, 1.82) is 0 Å². The minimum atomic E-state index is -0.0415. The number of anilines is 1. The van der Waals surface area contributed by atoms with Crippen LogP contribution >= 0.6 is 0 Å². The van der Waals surface area contributed by atoms with E-state index in [4.69, 9.17) is 4.74 Å². The fraction of sp³-hybridized carbons (Fsp3) is 0.333. The maximum atomic E-state index is 12.1. The summed E-state index contributed by atoms with van der Waals surface area (Å²) in [7, 11) is 0. The van der Waals surface area contributed by atoms with Gasteiger partial charge in [-0.15, -0.1) is 0 Å². The molecule has 3 aromatic rings. The van der Waals surface area contributed by atoms with Gasteiger partial charge in [0.25, 0.3) is 5.91 Å². The summed E-state index contributed by atoms with van der Waals surface area (Å²) < 4.78 is 5.84. The Morgan fingerprint density at radius 2 is 1.73 bits per heavy atom. The summed E-state index contributed by atoms with van der Waals surface area (Å²) in [5, 5.41) is 2.94. The number of nitrogens with one attached hydrogen (secondary N) is 1. The number of carbonyl (C=O) groups excluding carboxylic acids is 1. The van der Waals surface area contributed by atoms with E-state index in [2.05, 4.69) is 38.3 Å². The van der Waals surface area contributed by atoms with Crippen molar-refractivity contribution in [2.45, 2.75) is 19.9 Å². The molecule has 1 aliphatic rings. The topological polar surface area (TPSA) is 57.7 Å². The second kappa shape index (κ2) is 11.5. The van der Waals surface area contributed by atoms with Crippen molar-refractivity contribution in [2.75, 3.05) is 44.2 Å². The number of pyridine rings is 1. The van der Waals surface area contributed by atoms with Gasteiger partial charge in [-0.1, -0.05) is 35.9 Å². The molecule has 6 heteroatoms. The van der Waals surface area contributed by atoms with Gasteiger partial charge in [0.2, 0.25) is 0 Å². The van der Waals surface area contributed by atoms with E-state index in [0.717, 1.165) is 56.3 Å². The molecule has 6 nitrogen and oxygen atoms in total. The fourth-order valence-electron chi connectivity index (χ4n) is 3.90. The molecule has 172 valence electrons. The van der Waals surface area contributed by atoms with E-state index in [1.165, 1.54) is 5.56 Å². The summed E-state index contributed by atoms with van der Waals surface area (Å²) in [6, 6.07) is 22.0. The number of carbonyl (C=O) groups is 1. The van der Waals surface area contributed by atoms with E-state index in [9.17, 15) is 4.79 Å². The maximum Gasteiger partial charge on any atom is 0.251 e. The molecule has 0 unspecified atom stereocenters. The van der Waals surface area contributed by atoms with E-state index < -0.39 is 0 Å². The van der Waals surface area contributed by atoms with Crippen LogP contribution in [-0.2, 0) is 6.54 Å². The number of rotatable bonds is 9. The van der Waals surface area contributed by atoms with Crippen LogP contribution in [-0.4, -0.2) is 55.1 Å². The highest BCUT2D eigenvalue weighted by Gasteiger charge is 2.17. The molecule has 0 saturated carbocycles. The highest BCUT2D eigenvalue weighted by molar-refractivity contribution is 5.94. The summed E-state index contributed by atoms with van der Waals surface area (Å²) >= 11 is 0. The fourth-order valence-corrected chi connectivity index (χ4v) is 3.90. The van der Waals surface area contributed by atoms with Gasteiger partial charge in [0.15, 0.2) is 0 Å². The number of nitrogens with zero attached hydrogens (tertiary/aromatic N) is 3. The molecule has 1 saturated heterocycles. The molecule has 0 spiro atoms. The summed E-state index contributed by atoms with van der Waals surface area (Å²) in [6.45, 7) is 8.18. The van der Waals surface area contributed by atoms with Gasteiger partial charge in [-0.05, 0) is 55.3 Å². The van der Waals surface area contributed by atoms with Crippen molar-refractivity contribution in [3.05, 3.63) is 89.6 Å². The number of hydrogen-bond acceptors (Lipinski definition) is 5. The van der Waals surface area contributed by atoms with Gasteiger partial charge in [0, 0.05) is 51.0 Å². The van der Waals surface area contributed by atoms with Gasteiger partial charge in [0.05, 0.1) is 6.61 Å². The average molecular weight is 445 g/mol. The first-order chi connectivity index (χ1) is 16.2. The Balaban J connectivity index is 1.13. The van der Waals surface area contributed by atoms with Crippen molar-refractivity contribution in [3.63, 3.8) is 0 Å². The quantitative estimate of drug-likeness (QED) is 0.507. The molecule has 1 amide bonds. The molecular weight excluding hydrogens is 412 g/mol. The average Bonchev–Trinajstić information content (AvgIpc) is 2.86. The molecule has 4 rings (SSSR count). The van der Waals surface area contributed by atoms with Gasteiger partial charge < -0.3 is 15.0 Å². The van der Waals surface area contributed by atoms with Crippen LogP contribution in [0.25, 0.3) is 0 Å². The van der Waals surface area contributed by atoms with Crippen LogP contribution < -0.4 is 15.0 Å². The molecule has 0 radical (unpaired) electrons. The molecule has 0 bridgehead atoms. The van der Waals surface area contributed by atoms with Crippen LogP contribution in [0.15, 0.2) is 72.9 Å². The van der Waals surface area contributed by atoms with E-state index in [-0.39, 0.29) is 5.91 Å². The number of amides is 1. The van der Waals surface area contributed by atoms with Gasteiger partial charge in [-0.2, -0.15) is 0 Å². The standard InChI is InChI=1S/C27H32N4O2/c1-22-6-10-24(11-7-22)27(32)29-15-4-20-33-25-12-8-23(9-13-25)21-30-16-18-31(19-17-30)26-5-2-3-14-28-26/h2-3,5-14H,4,15-21H2,1H3,(H,29,32). The lowest BCUT2D eigenvalue weighted by Crippen LogP contribution is -2.46. The van der Waals surface area contributed by atoms with E-state index >= 15 is 0 Å². The van der Waals surface area contributed by atoms with Crippen LogP contribution in [0.3, 0.4) is 0 Å². The molecule has 0 aliphatic carbocycles. The highest BCUT2D eigenvalue weighted by Crippen LogP contribution is 2.17. The summed E-state index contributed by atoms with van der Waals surface area (Å²) in [5.74, 6) is 1.89. The molecule has 2 heterocycles. The van der Waals surface area contributed by atoms with E-state index in [1.54, 1.807) is 0 Å².